The number of aromatic nitrogens is 3. The molecular weight excluding hydrogens is 212 g/mol. The van der Waals surface area contributed by atoms with E-state index in [1.54, 1.807) is 18.6 Å². The number of allylic oxidation sites excluding steroid dienone is 1. The van der Waals surface area contributed by atoms with Gasteiger partial charge in [0.15, 0.2) is 0 Å². The second kappa shape index (κ2) is 5.30. The van der Waals surface area contributed by atoms with Crippen molar-refractivity contribution in [2.24, 2.45) is 0 Å². The Hall–Kier alpha value is -2.10. The van der Waals surface area contributed by atoms with E-state index in [1.807, 2.05) is 12.1 Å². The first-order chi connectivity index (χ1) is 8.31. The van der Waals surface area contributed by atoms with Crippen LogP contribution in [-0.4, -0.2) is 15.2 Å². The van der Waals surface area contributed by atoms with Gasteiger partial charge in [-0.2, -0.15) is 5.10 Å². The predicted molar refractivity (Wildman–Crippen MR) is 69.5 cm³/mol. The summed E-state index contributed by atoms with van der Waals surface area (Å²) < 4.78 is 0. The lowest BCUT2D eigenvalue weighted by atomic mass is 10.2. The molecule has 2 aromatic heterocycles. The predicted octanol–water partition coefficient (Wildman–Crippen LogP) is 3.20. The van der Waals surface area contributed by atoms with Crippen molar-refractivity contribution in [3.8, 4) is 11.3 Å². The first-order valence-electron chi connectivity index (χ1n) is 5.70. The fourth-order valence-corrected chi connectivity index (χ4v) is 1.67. The van der Waals surface area contributed by atoms with Crippen LogP contribution in [0.15, 0.2) is 43.0 Å². The average molecular weight is 228 g/mol. The van der Waals surface area contributed by atoms with Crippen molar-refractivity contribution in [2.45, 2.75) is 19.8 Å². The van der Waals surface area contributed by atoms with E-state index in [-0.39, 0.29) is 0 Å². The van der Waals surface area contributed by atoms with Gasteiger partial charge < -0.3 is 5.32 Å². The number of nitrogens with one attached hydrogen (secondary N) is 2. The van der Waals surface area contributed by atoms with Crippen LogP contribution in [0.25, 0.3) is 11.3 Å². The molecule has 0 aliphatic rings. The second-order valence-electron chi connectivity index (χ2n) is 3.88. The van der Waals surface area contributed by atoms with Gasteiger partial charge in [-0.1, -0.05) is 19.9 Å². The van der Waals surface area contributed by atoms with Gasteiger partial charge in [-0.25, -0.2) is 0 Å². The van der Waals surface area contributed by atoms with Crippen LogP contribution < -0.4 is 5.32 Å². The van der Waals surface area contributed by atoms with E-state index in [9.17, 15) is 0 Å². The Morgan fingerprint density at radius 3 is 3.06 bits per heavy atom. The highest BCUT2D eigenvalue weighted by Crippen LogP contribution is 2.25. The highest BCUT2D eigenvalue weighted by Gasteiger charge is 2.07. The third kappa shape index (κ3) is 2.72. The zero-order valence-electron chi connectivity index (χ0n) is 9.90. The number of anilines is 1. The molecule has 0 amide bonds. The second-order valence-corrected chi connectivity index (χ2v) is 3.88. The van der Waals surface area contributed by atoms with E-state index >= 15 is 0 Å². The normalized spacial score (nSPS) is 10.2. The Labute approximate surface area is 101 Å². The van der Waals surface area contributed by atoms with Crippen LogP contribution in [0.4, 0.5) is 5.69 Å². The minimum absolute atomic E-state index is 0.940. The molecule has 0 saturated carbocycles. The Balaban J connectivity index is 2.20. The van der Waals surface area contributed by atoms with Crippen LogP contribution in [-0.2, 0) is 0 Å². The summed E-state index contributed by atoms with van der Waals surface area (Å²) in [5.41, 5.74) is 3.89. The Kier molecular flexibility index (Phi) is 3.55. The average Bonchev–Trinajstić information content (AvgIpc) is 2.78. The highest BCUT2D eigenvalue weighted by atomic mass is 15.1. The molecule has 2 rings (SSSR count). The van der Waals surface area contributed by atoms with E-state index in [0.29, 0.717) is 0 Å². The monoisotopic (exact) mass is 228 g/mol. The quantitative estimate of drug-likeness (QED) is 0.826. The van der Waals surface area contributed by atoms with Crippen molar-refractivity contribution in [3.63, 3.8) is 0 Å². The maximum atomic E-state index is 4.10. The summed E-state index contributed by atoms with van der Waals surface area (Å²) in [7, 11) is 0. The summed E-state index contributed by atoms with van der Waals surface area (Å²) >= 11 is 0. The molecule has 2 aromatic rings. The fraction of sp³-hybridized carbons (Fsp3) is 0.231. The van der Waals surface area contributed by atoms with Crippen molar-refractivity contribution in [3.05, 3.63) is 43.0 Å². The summed E-state index contributed by atoms with van der Waals surface area (Å²) in [4.78, 5) is 4.10. The molecular formula is C13H16N4. The highest BCUT2D eigenvalue weighted by molar-refractivity contribution is 5.74. The molecule has 4 heteroatoms. The summed E-state index contributed by atoms with van der Waals surface area (Å²) in [6.07, 6.45) is 7.36. The summed E-state index contributed by atoms with van der Waals surface area (Å²) in [5, 5.41) is 10.3. The molecule has 17 heavy (non-hydrogen) atoms. The van der Waals surface area contributed by atoms with Gasteiger partial charge in [-0.3, -0.25) is 10.1 Å². The van der Waals surface area contributed by atoms with E-state index in [0.717, 1.165) is 35.5 Å². The number of pyridine rings is 1. The number of H-pyrrole nitrogens is 1. The molecule has 0 aromatic carbocycles. The third-order valence-electron chi connectivity index (χ3n) is 2.45. The maximum absolute atomic E-state index is 4.10. The van der Waals surface area contributed by atoms with Crippen molar-refractivity contribution >= 4 is 5.69 Å². The minimum Gasteiger partial charge on any atom is -0.356 e. The molecule has 2 heterocycles. The zero-order chi connectivity index (χ0) is 12.1. The first-order valence-corrected chi connectivity index (χ1v) is 5.70. The SMILES string of the molecule is C=C(CCC)Nc1cn[nH]c1-c1cccnc1. The minimum atomic E-state index is 0.940. The van der Waals surface area contributed by atoms with Crippen LogP contribution in [0.5, 0.6) is 0 Å². The number of aromatic amines is 1. The van der Waals surface area contributed by atoms with Gasteiger partial charge in [0.1, 0.15) is 0 Å². The van der Waals surface area contributed by atoms with Crippen LogP contribution in [0.3, 0.4) is 0 Å². The lowest BCUT2D eigenvalue weighted by Crippen LogP contribution is -1.98. The number of rotatable bonds is 5. The fourth-order valence-electron chi connectivity index (χ4n) is 1.67. The van der Waals surface area contributed by atoms with Crippen LogP contribution in [0, 0.1) is 0 Å². The molecule has 2 N–H and O–H groups in total. The van der Waals surface area contributed by atoms with Crippen molar-refractivity contribution in [1.82, 2.24) is 15.2 Å². The Morgan fingerprint density at radius 1 is 1.47 bits per heavy atom. The lowest BCUT2D eigenvalue weighted by Gasteiger charge is -2.08. The summed E-state index contributed by atoms with van der Waals surface area (Å²) in [6.45, 7) is 6.11. The maximum Gasteiger partial charge on any atom is 0.0900 e. The molecule has 0 unspecified atom stereocenters. The molecule has 88 valence electrons. The molecule has 0 aliphatic heterocycles. The van der Waals surface area contributed by atoms with Crippen LogP contribution in [0.2, 0.25) is 0 Å². The molecule has 0 fully saturated rings. The van der Waals surface area contributed by atoms with E-state index < -0.39 is 0 Å². The van der Waals surface area contributed by atoms with Crippen LogP contribution in [0.1, 0.15) is 19.8 Å². The van der Waals surface area contributed by atoms with Gasteiger partial charge in [-0.05, 0) is 18.6 Å². The molecule has 0 aliphatic carbocycles. The molecule has 0 spiro atoms. The van der Waals surface area contributed by atoms with Crippen molar-refractivity contribution in [2.75, 3.05) is 5.32 Å². The van der Waals surface area contributed by atoms with Crippen LogP contribution >= 0.6 is 0 Å². The Bertz CT molecular complexity index is 487. The van der Waals surface area contributed by atoms with Crippen molar-refractivity contribution in [1.29, 1.82) is 0 Å². The third-order valence-corrected chi connectivity index (χ3v) is 2.45. The zero-order valence-corrected chi connectivity index (χ0v) is 9.90. The van der Waals surface area contributed by atoms with Gasteiger partial charge in [0.2, 0.25) is 0 Å². The standard InChI is InChI=1S/C13H16N4/c1-3-5-10(2)16-12-9-15-17-13(12)11-6-4-7-14-8-11/h4,6-9,16H,2-3,5H2,1H3,(H,15,17). The Morgan fingerprint density at radius 2 is 2.35 bits per heavy atom. The van der Waals surface area contributed by atoms with Gasteiger partial charge in [-0.15, -0.1) is 0 Å². The number of nitrogens with zero attached hydrogens (tertiary/aromatic N) is 2. The molecule has 0 atom stereocenters. The first kappa shape index (κ1) is 11.4. The topological polar surface area (TPSA) is 53.6 Å². The molecule has 4 nitrogen and oxygen atoms in total. The molecule has 0 radical (unpaired) electrons. The van der Waals surface area contributed by atoms with Gasteiger partial charge in [0.05, 0.1) is 17.6 Å². The number of hydrogen-bond donors (Lipinski definition) is 2. The summed E-state index contributed by atoms with van der Waals surface area (Å²) in [6, 6.07) is 3.90. The van der Waals surface area contributed by atoms with Crippen molar-refractivity contribution < 1.29 is 0 Å². The number of hydrogen-bond acceptors (Lipinski definition) is 3. The van der Waals surface area contributed by atoms with Gasteiger partial charge in [0.25, 0.3) is 0 Å². The van der Waals surface area contributed by atoms with Gasteiger partial charge in [0, 0.05) is 23.7 Å². The smallest absolute Gasteiger partial charge is 0.0900 e. The summed E-state index contributed by atoms with van der Waals surface area (Å²) in [5.74, 6) is 0. The van der Waals surface area contributed by atoms with E-state index in [4.69, 9.17) is 0 Å². The lowest BCUT2D eigenvalue weighted by molar-refractivity contribution is 0.914. The van der Waals surface area contributed by atoms with E-state index in [1.165, 1.54) is 0 Å². The molecule has 0 bridgehead atoms. The van der Waals surface area contributed by atoms with Gasteiger partial charge >= 0.3 is 0 Å². The largest absolute Gasteiger partial charge is 0.356 e. The van der Waals surface area contributed by atoms with E-state index in [2.05, 4.69) is 34.0 Å². The molecule has 0 saturated heterocycles.